The highest BCUT2D eigenvalue weighted by Crippen LogP contribution is 2.67. The fourth-order valence-corrected chi connectivity index (χ4v) is 17.3. The molecule has 1 aromatic carbocycles. The Morgan fingerprint density at radius 2 is 1.24 bits per heavy atom. The number of nitrogens with zero attached hydrogens (tertiary/aromatic N) is 1. The van der Waals surface area contributed by atoms with Gasteiger partial charge in [-0.3, -0.25) is 19.8 Å². The summed E-state index contributed by atoms with van der Waals surface area (Å²) < 4.78 is 23.9. The maximum atomic E-state index is 14.7. The summed E-state index contributed by atoms with van der Waals surface area (Å²) in [5.74, 6) is 3.24. The lowest BCUT2D eigenvalue weighted by Gasteiger charge is -2.58. The Morgan fingerprint density at radius 1 is 0.646 bits per heavy atom. The van der Waals surface area contributed by atoms with E-state index < -0.39 is 73.5 Å². The molecular formula is C79H134N4O13. The predicted octanol–water partition coefficient (Wildman–Crippen LogP) is 16.4. The van der Waals surface area contributed by atoms with Gasteiger partial charge in [-0.05, 0) is 148 Å². The number of imide groups is 1. The molecule has 0 spiro atoms. The molecule has 4 fully saturated rings. The standard InChI is InChI=1S/C79H134N4O13/c1-8-10-12-14-16-18-19-20-21-22-23-25-27-29-31-39-70(86)82-76(91)81-67(37-32-33-52-80-69(85)38-30-28-26-24-17-15-13-11-9-2)74(90)93-54-53-83(60-41-43-61(44-42-60)94-75-73(89)72(88)71(87)68(56-84)96-75)77(92)95-62-48-50-78(6)59(55-62)40-45-63-65-47-46-64(58(5)36-34-35-57(3)4)79(65,7)51-49-66(63)78/h40-44,57-58,62-68,71-73,75,84,87-89H,8-39,45-56H2,1-7H3,(H,80,85)(H2,81,82,86,91)/t58?,62?,63?,64?,65?,66?,67-,68?,71-,72?,73-,75-,78?,79?/m0/s1. The van der Waals surface area contributed by atoms with E-state index in [9.17, 15) is 44.4 Å². The molecule has 1 heterocycles. The summed E-state index contributed by atoms with van der Waals surface area (Å²) in [6, 6.07) is 4.38. The third-order valence-electron chi connectivity index (χ3n) is 23.2. The number of hydrogen-bond acceptors (Lipinski definition) is 13. The number of esters is 1. The fourth-order valence-electron chi connectivity index (χ4n) is 17.3. The molecule has 0 aromatic heterocycles. The van der Waals surface area contributed by atoms with Crippen molar-refractivity contribution in [1.29, 1.82) is 0 Å². The molecule has 6 rings (SSSR count). The van der Waals surface area contributed by atoms with E-state index in [0.717, 1.165) is 75.0 Å². The first-order chi connectivity index (χ1) is 46.3. The highest BCUT2D eigenvalue weighted by molar-refractivity contribution is 5.96. The number of aliphatic hydroxyl groups excluding tert-OH is 4. The number of rotatable bonds is 46. The van der Waals surface area contributed by atoms with Crippen molar-refractivity contribution in [2.75, 3.05) is 31.2 Å². The van der Waals surface area contributed by atoms with Crippen molar-refractivity contribution in [1.82, 2.24) is 16.0 Å². The van der Waals surface area contributed by atoms with Gasteiger partial charge >= 0.3 is 18.1 Å². The SMILES string of the molecule is CCCCCCCCCCCCCCCCCC(=O)NC(=O)N[C@@H](CCCCNC(=O)CCCCCCCCCCC)C(=O)OCCN(C(=O)OC1CCC2(C)C(=CCC3C2CCC2(C)C(C(C)CCCC(C)C)CCC32)C1)c1ccc(O[C@H]2OC(CO)[C@H](O)C(O)[C@@H]2O)cc1. The molecule has 548 valence electrons. The van der Waals surface area contributed by atoms with Crippen molar-refractivity contribution >= 4 is 35.6 Å². The molecule has 96 heavy (non-hydrogen) atoms. The molecule has 1 aromatic rings. The van der Waals surface area contributed by atoms with Crippen LogP contribution in [0.2, 0.25) is 0 Å². The van der Waals surface area contributed by atoms with Crippen LogP contribution in [-0.2, 0) is 28.6 Å². The van der Waals surface area contributed by atoms with Crippen LogP contribution in [0.15, 0.2) is 35.9 Å². The summed E-state index contributed by atoms with van der Waals surface area (Å²) in [6.07, 6.45) is 36.8. The summed E-state index contributed by atoms with van der Waals surface area (Å²) in [5.41, 5.74) is 2.17. The first kappa shape index (κ1) is 80.7. The Bertz CT molecular complexity index is 2440. The Balaban J connectivity index is 1.06. The molecule has 1 aliphatic heterocycles. The van der Waals surface area contributed by atoms with Crippen molar-refractivity contribution in [3.63, 3.8) is 0 Å². The van der Waals surface area contributed by atoms with Crippen LogP contribution in [0.5, 0.6) is 5.75 Å². The van der Waals surface area contributed by atoms with Crippen LogP contribution in [0.3, 0.4) is 0 Å². The quantitative estimate of drug-likeness (QED) is 0.0183. The summed E-state index contributed by atoms with van der Waals surface area (Å²) in [7, 11) is 0. The molecule has 14 atom stereocenters. The smallest absolute Gasteiger partial charge is 0.414 e. The molecule has 7 N–H and O–H groups in total. The van der Waals surface area contributed by atoms with E-state index in [2.05, 4.69) is 70.5 Å². The minimum atomic E-state index is -1.64. The molecule has 10 unspecified atom stereocenters. The number of fused-ring (bicyclic) bond motifs is 5. The maximum Gasteiger partial charge on any atom is 0.414 e. The second kappa shape index (κ2) is 43.4. The Morgan fingerprint density at radius 3 is 1.83 bits per heavy atom. The van der Waals surface area contributed by atoms with Crippen LogP contribution in [0.1, 0.15) is 305 Å². The number of allylic oxidation sites excluding steroid dienone is 1. The van der Waals surface area contributed by atoms with E-state index in [1.165, 1.54) is 165 Å². The fraction of sp³-hybridized carbons (Fsp3) is 0.835. The molecule has 5 aliphatic rings. The van der Waals surface area contributed by atoms with Gasteiger partial charge in [0.05, 0.1) is 13.2 Å². The number of carbonyl (C=O) groups is 5. The number of unbranched alkanes of at least 4 members (excludes halogenated alkanes) is 23. The third-order valence-corrected chi connectivity index (χ3v) is 23.2. The van der Waals surface area contributed by atoms with Crippen molar-refractivity contribution < 1.29 is 63.3 Å². The van der Waals surface area contributed by atoms with Gasteiger partial charge in [-0.2, -0.15) is 0 Å². The summed E-state index contributed by atoms with van der Waals surface area (Å²) in [4.78, 5) is 69.6. The van der Waals surface area contributed by atoms with Gasteiger partial charge in [0.1, 0.15) is 48.9 Å². The number of anilines is 1. The van der Waals surface area contributed by atoms with Crippen molar-refractivity contribution in [3.05, 3.63) is 35.9 Å². The number of nitrogens with one attached hydrogen (secondary N) is 3. The highest BCUT2D eigenvalue weighted by atomic mass is 16.7. The molecule has 3 saturated carbocycles. The second-order valence-electron chi connectivity index (χ2n) is 30.9. The highest BCUT2D eigenvalue weighted by Gasteiger charge is 2.59. The molecule has 4 aliphatic carbocycles. The largest absolute Gasteiger partial charge is 0.462 e. The number of carbonyl (C=O) groups excluding carboxylic acids is 5. The number of aliphatic hydroxyl groups is 4. The van der Waals surface area contributed by atoms with Crippen LogP contribution in [0.4, 0.5) is 15.3 Å². The first-order valence-electron chi connectivity index (χ1n) is 39.1. The lowest BCUT2D eigenvalue weighted by atomic mass is 9.47. The van der Waals surface area contributed by atoms with Crippen LogP contribution in [-0.4, -0.2) is 119 Å². The molecule has 1 saturated heterocycles. The zero-order chi connectivity index (χ0) is 69.3. The van der Waals surface area contributed by atoms with E-state index in [1.807, 2.05) is 0 Å². The topological polar surface area (TPSA) is 243 Å². The van der Waals surface area contributed by atoms with E-state index in [1.54, 1.807) is 24.3 Å². The monoisotopic (exact) mass is 1350 g/mol. The predicted molar refractivity (Wildman–Crippen MR) is 381 cm³/mol. The van der Waals surface area contributed by atoms with Gasteiger partial charge in [0.25, 0.3) is 0 Å². The van der Waals surface area contributed by atoms with Crippen LogP contribution < -0.4 is 25.6 Å². The number of benzene rings is 1. The zero-order valence-electron chi connectivity index (χ0n) is 60.9. The molecule has 0 radical (unpaired) electrons. The molecule has 0 bridgehead atoms. The number of urea groups is 1. The van der Waals surface area contributed by atoms with Crippen LogP contribution in [0, 0.1) is 46.3 Å². The van der Waals surface area contributed by atoms with Gasteiger partial charge in [-0.1, -0.05) is 221 Å². The van der Waals surface area contributed by atoms with E-state index in [4.69, 9.17) is 18.9 Å². The van der Waals surface area contributed by atoms with Gasteiger partial charge in [-0.25, -0.2) is 14.4 Å². The minimum absolute atomic E-state index is 0.00851. The van der Waals surface area contributed by atoms with E-state index in [0.29, 0.717) is 68.0 Å². The molecule has 17 nitrogen and oxygen atoms in total. The van der Waals surface area contributed by atoms with Crippen LogP contribution in [0.25, 0.3) is 0 Å². The lowest BCUT2D eigenvalue weighted by Crippen LogP contribution is -2.60. The maximum absolute atomic E-state index is 14.7. The minimum Gasteiger partial charge on any atom is -0.462 e. The van der Waals surface area contributed by atoms with Crippen molar-refractivity contribution in [2.45, 2.75) is 348 Å². The van der Waals surface area contributed by atoms with Gasteiger partial charge in [-0.15, -0.1) is 0 Å². The normalized spacial score (nSPS) is 26.7. The summed E-state index contributed by atoms with van der Waals surface area (Å²) >= 11 is 0. The summed E-state index contributed by atoms with van der Waals surface area (Å²) in [6.45, 7) is 16.1. The number of hydrogen-bond donors (Lipinski definition) is 7. The molecule has 17 heteroatoms. The Labute approximate surface area is 579 Å². The van der Waals surface area contributed by atoms with Crippen molar-refractivity contribution in [3.8, 4) is 5.75 Å². The Hall–Kier alpha value is -4.29. The van der Waals surface area contributed by atoms with Gasteiger partial charge in [0.15, 0.2) is 0 Å². The Kier molecular flexibility index (Phi) is 36.5. The number of amides is 5. The molecule has 5 amide bonds. The van der Waals surface area contributed by atoms with E-state index >= 15 is 0 Å². The lowest BCUT2D eigenvalue weighted by molar-refractivity contribution is -0.277. The third kappa shape index (κ3) is 25.7. The van der Waals surface area contributed by atoms with Gasteiger partial charge in [0, 0.05) is 31.5 Å². The average Bonchev–Trinajstić information content (AvgIpc) is 1.38. The molecular weight excluding hydrogens is 1210 g/mol. The van der Waals surface area contributed by atoms with E-state index in [-0.39, 0.29) is 43.1 Å². The number of ether oxygens (including phenoxy) is 4. The van der Waals surface area contributed by atoms with Crippen molar-refractivity contribution in [2.24, 2.45) is 46.3 Å². The summed E-state index contributed by atoms with van der Waals surface area (Å²) in [5, 5.41) is 49.5. The van der Waals surface area contributed by atoms with Gasteiger partial charge < -0.3 is 50.0 Å². The van der Waals surface area contributed by atoms with Crippen LogP contribution >= 0.6 is 0 Å². The first-order valence-corrected chi connectivity index (χ1v) is 39.1. The average molecular weight is 1350 g/mol. The zero-order valence-corrected chi connectivity index (χ0v) is 60.9. The van der Waals surface area contributed by atoms with Gasteiger partial charge in [0.2, 0.25) is 18.1 Å². The second-order valence-corrected chi connectivity index (χ2v) is 30.9.